The Hall–Kier alpha value is -3.75. The number of likely N-dealkylation sites (tertiary alicyclic amines) is 2. The lowest BCUT2D eigenvalue weighted by Gasteiger charge is -2.52. The largest absolute Gasteiger partial charge is 0.479 e. The predicted molar refractivity (Wildman–Crippen MR) is 167 cm³/mol. The molecule has 0 radical (unpaired) electrons. The number of aliphatic hydroxyl groups is 4. The molecule has 0 aliphatic carbocycles. The van der Waals surface area contributed by atoms with E-state index >= 15 is 0 Å². The number of carboxylic acids is 4. The second-order valence-electron chi connectivity index (χ2n) is 11.2. The number of aliphatic hydroxyl groups excluding tert-OH is 4. The Morgan fingerprint density at radius 2 is 1.19 bits per heavy atom. The third-order valence-corrected chi connectivity index (χ3v) is 8.05. The van der Waals surface area contributed by atoms with Crippen LogP contribution in [0.15, 0.2) is 30.3 Å². The summed E-state index contributed by atoms with van der Waals surface area (Å²) in [6.45, 7) is 12.1. The Labute approximate surface area is 277 Å². The van der Waals surface area contributed by atoms with E-state index in [1.807, 2.05) is 25.1 Å². The summed E-state index contributed by atoms with van der Waals surface area (Å²) >= 11 is 0. The number of rotatable bonds is 11. The Balaban J connectivity index is 0. The molecule has 2 fully saturated rings. The van der Waals surface area contributed by atoms with E-state index in [1.54, 1.807) is 0 Å². The van der Waals surface area contributed by atoms with Gasteiger partial charge in [0.1, 0.15) is 5.60 Å². The van der Waals surface area contributed by atoms with Crippen molar-refractivity contribution in [2.24, 2.45) is 5.92 Å². The average molecular weight is 695 g/mol. The first kappa shape index (κ1) is 46.4. The summed E-state index contributed by atoms with van der Waals surface area (Å²) in [7, 11) is 0. The van der Waals surface area contributed by atoms with Crippen molar-refractivity contribution in [3.05, 3.63) is 35.9 Å². The zero-order chi connectivity index (χ0) is 35.4. The molecule has 12 N–H and O–H groups in total. The van der Waals surface area contributed by atoms with E-state index in [1.165, 1.54) is 25.9 Å². The highest BCUT2D eigenvalue weighted by atomic mass is 16.6. The normalized spacial score (nSPS) is 23.8. The van der Waals surface area contributed by atoms with E-state index in [0.29, 0.717) is 18.6 Å². The van der Waals surface area contributed by atoms with Gasteiger partial charge in [-0.25, -0.2) is 19.2 Å². The maximum atomic E-state index is 12.3. The van der Waals surface area contributed by atoms with Crippen LogP contribution in [0.25, 0.3) is 0 Å². The van der Waals surface area contributed by atoms with E-state index < -0.39 is 53.9 Å². The molecule has 8 atom stereocenters. The van der Waals surface area contributed by atoms with Crippen LogP contribution in [0.3, 0.4) is 0 Å². The Morgan fingerprint density at radius 1 is 0.792 bits per heavy atom. The average Bonchev–Trinajstić information content (AvgIpc) is 3.56. The van der Waals surface area contributed by atoms with Crippen LogP contribution in [0.5, 0.6) is 0 Å². The number of piperidine rings is 1. The molecule has 2 aliphatic heterocycles. The van der Waals surface area contributed by atoms with Gasteiger partial charge in [-0.3, -0.25) is 14.6 Å². The smallest absolute Gasteiger partial charge is 0.335 e. The molecular weight excluding hydrogens is 644 g/mol. The van der Waals surface area contributed by atoms with Gasteiger partial charge in [-0.1, -0.05) is 44.2 Å². The minimum absolute atomic E-state index is 0. The number of carbonyl (C=O) groups excluding carboxylic acids is 1. The predicted octanol–water partition coefficient (Wildman–Crippen LogP) is -1.89. The van der Waals surface area contributed by atoms with Crippen molar-refractivity contribution >= 4 is 29.8 Å². The lowest BCUT2D eigenvalue weighted by atomic mass is 9.74. The number of ether oxygens (including phenoxy) is 1. The highest BCUT2D eigenvalue weighted by Crippen LogP contribution is 2.44. The van der Waals surface area contributed by atoms with E-state index in [9.17, 15) is 24.0 Å². The van der Waals surface area contributed by atoms with Gasteiger partial charge in [-0.05, 0) is 45.3 Å². The molecule has 276 valence electrons. The molecule has 2 saturated heterocycles. The van der Waals surface area contributed by atoms with Crippen LogP contribution in [0.2, 0.25) is 0 Å². The molecule has 48 heavy (non-hydrogen) atoms. The third-order valence-electron chi connectivity index (χ3n) is 8.05. The second-order valence-corrected chi connectivity index (χ2v) is 11.2. The fraction of sp³-hybridized carbons (Fsp3) is 0.633. The van der Waals surface area contributed by atoms with Gasteiger partial charge in [-0.2, -0.15) is 0 Å². The monoisotopic (exact) mass is 694 g/mol. The minimum atomic E-state index is -2.27. The lowest BCUT2D eigenvalue weighted by Crippen LogP contribution is -2.60. The second kappa shape index (κ2) is 21.3. The zero-order valence-corrected chi connectivity index (χ0v) is 27.3. The topological polar surface area (TPSA) is 326 Å². The SMILES string of the molecule is CCC(=O)OC1(c2ccccc2)CC(C)N(C(C)N2CCCC2)CC1C.O.O.O=C(O)C(O)C(O)C(=O)O.O=C(O)C(O)C(O)C(=O)O. The summed E-state index contributed by atoms with van der Waals surface area (Å²) in [4.78, 5) is 56.6. The van der Waals surface area contributed by atoms with Crippen LogP contribution in [0, 0.1) is 5.92 Å². The van der Waals surface area contributed by atoms with Gasteiger partial charge in [0.25, 0.3) is 0 Å². The molecule has 0 spiro atoms. The molecule has 0 saturated carbocycles. The Bertz CT molecular complexity index is 1090. The van der Waals surface area contributed by atoms with E-state index in [0.717, 1.165) is 18.5 Å². The third kappa shape index (κ3) is 12.7. The molecule has 0 amide bonds. The quantitative estimate of drug-likeness (QED) is 0.117. The first-order valence-electron chi connectivity index (χ1n) is 14.8. The Kier molecular flexibility index (Phi) is 20.5. The Morgan fingerprint density at radius 3 is 1.54 bits per heavy atom. The molecule has 3 rings (SSSR count). The van der Waals surface area contributed by atoms with Crippen LogP contribution >= 0.6 is 0 Å². The van der Waals surface area contributed by atoms with Gasteiger partial charge in [0.2, 0.25) is 0 Å². The summed E-state index contributed by atoms with van der Waals surface area (Å²) in [6, 6.07) is 10.7. The van der Waals surface area contributed by atoms with Gasteiger partial charge < -0.3 is 56.5 Å². The van der Waals surface area contributed by atoms with Crippen LogP contribution in [-0.4, -0.2) is 148 Å². The van der Waals surface area contributed by atoms with Crippen LogP contribution in [-0.2, 0) is 34.3 Å². The fourth-order valence-corrected chi connectivity index (χ4v) is 5.39. The number of nitrogens with zero attached hydrogens (tertiary/aromatic N) is 2. The summed E-state index contributed by atoms with van der Waals surface area (Å²) in [5, 5.41) is 65.1. The summed E-state index contributed by atoms with van der Waals surface area (Å²) in [5.74, 6) is -6.93. The molecule has 2 aliphatic rings. The van der Waals surface area contributed by atoms with Gasteiger partial charge in [0, 0.05) is 31.3 Å². The number of carboxylic acid groups (broad SMARTS) is 4. The van der Waals surface area contributed by atoms with Crippen LogP contribution in [0.4, 0.5) is 0 Å². The van der Waals surface area contributed by atoms with Gasteiger partial charge in [0.05, 0.1) is 6.17 Å². The standard InChI is InChI=1S/C22H34N2O2.2C4H6O6.2H2O/c1-5-21(25)26-22(20-11-7-6-8-12-20)15-18(3)24(16-17(22)2)19(4)23-13-9-10-14-23;2*5-1(3(7)8)2(6)4(9)10;;/h6-8,11-12,17-19H,5,9-10,13-16H2,1-4H3;2*1-2,5-6H,(H,7,8)(H,9,10);2*1H2. The molecular formula is C30H50N2O16. The van der Waals surface area contributed by atoms with Crippen molar-refractivity contribution in [3.8, 4) is 0 Å². The van der Waals surface area contributed by atoms with Crippen molar-refractivity contribution in [2.75, 3.05) is 19.6 Å². The highest BCUT2D eigenvalue weighted by molar-refractivity contribution is 5.83. The number of esters is 1. The van der Waals surface area contributed by atoms with Crippen molar-refractivity contribution < 1.29 is 80.5 Å². The molecule has 1 aromatic carbocycles. The zero-order valence-electron chi connectivity index (χ0n) is 27.3. The fourth-order valence-electron chi connectivity index (χ4n) is 5.39. The van der Waals surface area contributed by atoms with E-state index in [4.69, 9.17) is 45.6 Å². The van der Waals surface area contributed by atoms with Crippen LogP contribution in [0.1, 0.15) is 58.9 Å². The summed E-state index contributed by atoms with van der Waals surface area (Å²) in [5.41, 5.74) is 0.615. The van der Waals surface area contributed by atoms with Crippen molar-refractivity contribution in [3.63, 3.8) is 0 Å². The molecule has 0 bridgehead atoms. The first-order chi connectivity index (χ1) is 21.4. The van der Waals surface area contributed by atoms with Gasteiger partial charge in [0.15, 0.2) is 24.4 Å². The van der Waals surface area contributed by atoms with E-state index in [2.05, 4.69) is 42.7 Å². The maximum absolute atomic E-state index is 12.3. The van der Waals surface area contributed by atoms with Crippen molar-refractivity contribution in [1.82, 2.24) is 9.80 Å². The van der Waals surface area contributed by atoms with E-state index in [-0.39, 0.29) is 22.8 Å². The first-order valence-corrected chi connectivity index (χ1v) is 14.8. The number of carbonyl (C=O) groups is 5. The molecule has 1 aromatic rings. The number of benzene rings is 1. The molecule has 18 heteroatoms. The summed E-state index contributed by atoms with van der Waals surface area (Å²) in [6.07, 6.45) is -4.73. The molecule has 8 unspecified atom stereocenters. The molecule has 18 nitrogen and oxygen atoms in total. The number of aliphatic carboxylic acids is 4. The number of hydrogen-bond donors (Lipinski definition) is 8. The lowest BCUT2D eigenvalue weighted by molar-refractivity contribution is -0.182. The molecule has 2 heterocycles. The van der Waals surface area contributed by atoms with Crippen molar-refractivity contribution in [1.29, 1.82) is 0 Å². The molecule has 0 aromatic heterocycles. The summed E-state index contributed by atoms with van der Waals surface area (Å²) < 4.78 is 6.17. The highest BCUT2D eigenvalue weighted by Gasteiger charge is 2.49. The van der Waals surface area contributed by atoms with Gasteiger partial charge >= 0.3 is 29.8 Å². The maximum Gasteiger partial charge on any atom is 0.335 e. The number of hydrogen-bond acceptors (Lipinski definition) is 12. The van der Waals surface area contributed by atoms with Crippen molar-refractivity contribution in [2.45, 2.75) is 95.6 Å². The minimum Gasteiger partial charge on any atom is -0.479 e. The van der Waals surface area contributed by atoms with Gasteiger partial charge in [-0.15, -0.1) is 0 Å². The van der Waals surface area contributed by atoms with Crippen LogP contribution < -0.4 is 0 Å².